The second-order valence-corrected chi connectivity index (χ2v) is 7.68. The van der Waals surface area contributed by atoms with Crippen LogP contribution in [0.15, 0.2) is 36.5 Å². The number of carbonyl (C=O) groups excluding carboxylic acids is 1. The largest absolute Gasteiger partial charge is 0.494 e. The molecule has 1 aromatic carbocycles. The van der Waals surface area contributed by atoms with Crippen LogP contribution in [0.3, 0.4) is 0 Å². The van der Waals surface area contributed by atoms with Crippen LogP contribution in [0.4, 0.5) is 22.2 Å². The van der Waals surface area contributed by atoms with Gasteiger partial charge in [-0.15, -0.1) is 0 Å². The lowest BCUT2D eigenvalue weighted by Gasteiger charge is -2.28. The smallest absolute Gasteiger partial charge is 0.328 e. The summed E-state index contributed by atoms with van der Waals surface area (Å²) in [6, 6.07) is 8.76. The Morgan fingerprint density at radius 2 is 1.90 bits per heavy atom. The van der Waals surface area contributed by atoms with Gasteiger partial charge in [-0.2, -0.15) is 4.98 Å². The summed E-state index contributed by atoms with van der Waals surface area (Å²) in [5, 5.41) is 6.17. The molecule has 2 aromatic rings. The van der Waals surface area contributed by atoms with E-state index in [1.54, 1.807) is 19.4 Å². The molecule has 0 saturated heterocycles. The summed E-state index contributed by atoms with van der Waals surface area (Å²) in [6.45, 7) is 10.8. The fraction of sp³-hybridized carbons (Fsp3) is 0.476. The fourth-order valence-corrected chi connectivity index (χ4v) is 2.64. The maximum atomic E-state index is 13.1. The normalized spacial score (nSPS) is 12.2. The van der Waals surface area contributed by atoms with Crippen molar-refractivity contribution in [1.29, 1.82) is 0 Å². The molecule has 1 aromatic heterocycles. The second-order valence-electron chi connectivity index (χ2n) is 7.68. The minimum atomic E-state index is -0.401. The molecule has 2 N–H and O–H groups in total. The summed E-state index contributed by atoms with van der Waals surface area (Å²) < 4.78 is 10.6. The molecule has 8 heteroatoms. The molecule has 2 rings (SSSR count). The van der Waals surface area contributed by atoms with Gasteiger partial charge >= 0.3 is 6.03 Å². The molecule has 8 nitrogen and oxygen atoms in total. The first kappa shape index (κ1) is 22.4. The van der Waals surface area contributed by atoms with Gasteiger partial charge in [0.05, 0.1) is 18.9 Å². The summed E-state index contributed by atoms with van der Waals surface area (Å²) in [7, 11) is 1.64. The predicted molar refractivity (Wildman–Crippen MR) is 115 cm³/mol. The molecular formula is C21H31N5O3. The van der Waals surface area contributed by atoms with E-state index in [2.05, 4.69) is 20.6 Å². The van der Waals surface area contributed by atoms with Gasteiger partial charge in [-0.05, 0) is 58.9 Å². The topological polar surface area (TPSA) is 88.6 Å². The molecule has 1 atom stereocenters. The molecule has 0 unspecified atom stereocenters. The van der Waals surface area contributed by atoms with E-state index in [-0.39, 0.29) is 12.1 Å². The van der Waals surface area contributed by atoms with Gasteiger partial charge in [0.2, 0.25) is 5.95 Å². The number of methoxy groups -OCH3 is 1. The van der Waals surface area contributed by atoms with Crippen LogP contribution in [-0.2, 0) is 4.74 Å². The molecule has 29 heavy (non-hydrogen) atoms. The zero-order chi connectivity index (χ0) is 21.4. The molecular weight excluding hydrogens is 370 g/mol. The third-order valence-corrected chi connectivity index (χ3v) is 3.75. The number of amides is 2. The zero-order valence-corrected chi connectivity index (χ0v) is 18.0. The average molecular weight is 402 g/mol. The minimum absolute atomic E-state index is 0.0255. The van der Waals surface area contributed by atoms with Crippen LogP contribution in [-0.4, -0.2) is 47.9 Å². The van der Waals surface area contributed by atoms with E-state index < -0.39 is 5.54 Å². The minimum Gasteiger partial charge on any atom is -0.494 e. The summed E-state index contributed by atoms with van der Waals surface area (Å²) in [4.78, 5) is 23.4. The summed E-state index contributed by atoms with van der Waals surface area (Å²) >= 11 is 0. The summed E-state index contributed by atoms with van der Waals surface area (Å²) in [5.74, 6) is 1.62. The van der Waals surface area contributed by atoms with Crippen molar-refractivity contribution in [2.24, 2.45) is 0 Å². The van der Waals surface area contributed by atoms with Gasteiger partial charge < -0.3 is 20.1 Å². The second kappa shape index (κ2) is 10.1. The van der Waals surface area contributed by atoms with Crippen molar-refractivity contribution in [3.8, 4) is 5.75 Å². The molecule has 0 radical (unpaired) electrons. The first-order valence-corrected chi connectivity index (χ1v) is 9.67. The number of benzene rings is 1. The molecule has 0 spiro atoms. The van der Waals surface area contributed by atoms with Gasteiger partial charge in [0.25, 0.3) is 0 Å². The number of nitrogens with zero attached hydrogens (tertiary/aromatic N) is 3. The Morgan fingerprint density at radius 1 is 1.21 bits per heavy atom. The fourth-order valence-electron chi connectivity index (χ4n) is 2.64. The number of rotatable bonds is 8. The number of anilines is 3. The van der Waals surface area contributed by atoms with Gasteiger partial charge in [0, 0.05) is 31.0 Å². The van der Waals surface area contributed by atoms with E-state index in [0.717, 1.165) is 5.75 Å². The first-order valence-electron chi connectivity index (χ1n) is 9.67. The lowest BCUT2D eigenvalue weighted by molar-refractivity contribution is 0.190. The van der Waals surface area contributed by atoms with Crippen molar-refractivity contribution in [2.75, 3.05) is 30.5 Å². The zero-order valence-electron chi connectivity index (χ0n) is 18.0. The molecule has 0 aliphatic heterocycles. The monoisotopic (exact) mass is 401 g/mol. The molecule has 0 bridgehead atoms. The Labute approximate surface area is 172 Å². The van der Waals surface area contributed by atoms with Gasteiger partial charge in [0.15, 0.2) is 0 Å². The van der Waals surface area contributed by atoms with Crippen LogP contribution >= 0.6 is 0 Å². The molecule has 0 fully saturated rings. The quantitative estimate of drug-likeness (QED) is 0.696. The summed E-state index contributed by atoms with van der Waals surface area (Å²) in [5.41, 5.74) is 0.270. The highest BCUT2D eigenvalue weighted by molar-refractivity contribution is 5.98. The number of nitrogens with one attached hydrogen (secondary N) is 2. The van der Waals surface area contributed by atoms with Gasteiger partial charge in [-0.1, -0.05) is 0 Å². The number of ether oxygens (including phenoxy) is 2. The van der Waals surface area contributed by atoms with Gasteiger partial charge in [-0.3, -0.25) is 0 Å². The van der Waals surface area contributed by atoms with Crippen molar-refractivity contribution in [1.82, 2.24) is 15.3 Å². The van der Waals surface area contributed by atoms with Crippen LogP contribution in [0, 0.1) is 0 Å². The molecule has 0 aliphatic rings. The molecule has 158 valence electrons. The van der Waals surface area contributed by atoms with Crippen molar-refractivity contribution >= 4 is 23.5 Å². The maximum absolute atomic E-state index is 13.1. The lowest BCUT2D eigenvalue weighted by atomic mass is 10.1. The van der Waals surface area contributed by atoms with Crippen molar-refractivity contribution in [3.63, 3.8) is 0 Å². The van der Waals surface area contributed by atoms with Gasteiger partial charge in [-0.25, -0.2) is 14.7 Å². The Morgan fingerprint density at radius 3 is 2.48 bits per heavy atom. The van der Waals surface area contributed by atoms with Crippen molar-refractivity contribution < 1.29 is 14.3 Å². The summed E-state index contributed by atoms with van der Waals surface area (Å²) in [6.07, 6.45) is 1.62. The number of aromatic nitrogens is 2. The van der Waals surface area contributed by atoms with Gasteiger partial charge in [0.1, 0.15) is 11.6 Å². The lowest BCUT2D eigenvalue weighted by Crippen LogP contribution is -2.47. The Hall–Kier alpha value is -2.87. The molecule has 0 aliphatic carbocycles. The third kappa shape index (κ3) is 6.90. The number of hydrogen-bond acceptors (Lipinski definition) is 6. The standard InChI is InChI=1S/C21H31N5O3/c1-7-29-17-10-8-16(9-11-17)26(20(27)25-21(3,4)5)18-12-13-22-19(24-18)23-15(2)14-28-6/h8-13,15H,7,14H2,1-6H3,(H,25,27)(H,22,23,24)/t15-/m0/s1. The highest BCUT2D eigenvalue weighted by atomic mass is 16.5. The highest BCUT2D eigenvalue weighted by Crippen LogP contribution is 2.27. The van der Waals surface area contributed by atoms with Crippen molar-refractivity contribution in [3.05, 3.63) is 36.5 Å². The third-order valence-electron chi connectivity index (χ3n) is 3.75. The molecule has 2 amide bonds. The van der Waals surface area contributed by atoms with Crippen LogP contribution in [0.5, 0.6) is 5.75 Å². The van der Waals surface area contributed by atoms with E-state index in [4.69, 9.17) is 9.47 Å². The predicted octanol–water partition coefficient (Wildman–Crippen LogP) is 3.97. The van der Waals surface area contributed by atoms with Crippen molar-refractivity contribution in [2.45, 2.75) is 46.2 Å². The highest BCUT2D eigenvalue weighted by Gasteiger charge is 2.24. The molecule has 1 heterocycles. The van der Waals surface area contributed by atoms with E-state index in [1.807, 2.05) is 58.9 Å². The molecule has 0 saturated carbocycles. The first-order chi connectivity index (χ1) is 13.7. The number of hydrogen-bond donors (Lipinski definition) is 2. The van der Waals surface area contributed by atoms with Crippen LogP contribution in [0.2, 0.25) is 0 Å². The number of carbonyl (C=O) groups is 1. The van der Waals surface area contributed by atoms with Crippen LogP contribution in [0.25, 0.3) is 0 Å². The van der Waals surface area contributed by atoms with E-state index in [0.29, 0.717) is 30.7 Å². The SMILES string of the molecule is CCOc1ccc(N(C(=O)NC(C)(C)C)c2ccnc(N[C@@H](C)COC)n2)cc1. The number of urea groups is 1. The average Bonchev–Trinajstić information content (AvgIpc) is 2.62. The van der Waals surface area contributed by atoms with Crippen LogP contribution < -0.4 is 20.3 Å². The Balaban J connectivity index is 2.38. The van der Waals surface area contributed by atoms with E-state index >= 15 is 0 Å². The Kier molecular flexibility index (Phi) is 7.78. The maximum Gasteiger partial charge on any atom is 0.328 e. The van der Waals surface area contributed by atoms with E-state index in [1.165, 1.54) is 4.90 Å². The van der Waals surface area contributed by atoms with E-state index in [9.17, 15) is 4.79 Å². The van der Waals surface area contributed by atoms with Crippen LogP contribution in [0.1, 0.15) is 34.6 Å². The Bertz CT molecular complexity index is 790.